The third kappa shape index (κ3) is 3.55. The summed E-state index contributed by atoms with van der Waals surface area (Å²) >= 11 is 3.05. The molecule has 3 N–H and O–H groups in total. The quantitative estimate of drug-likeness (QED) is 0.687. The lowest BCUT2D eigenvalue weighted by atomic mass is 10.1. The van der Waals surface area contributed by atoms with E-state index in [1.807, 2.05) is 0 Å². The fraction of sp³-hybridized carbons (Fsp3) is 0.400. The maximum atomic E-state index is 10.4. The number of nitrogens with zero attached hydrogens (tertiary/aromatic N) is 1. The van der Waals surface area contributed by atoms with Gasteiger partial charge in [0.1, 0.15) is 6.10 Å². The molecule has 0 amide bonds. The van der Waals surface area contributed by atoms with E-state index in [0.717, 1.165) is 0 Å². The van der Waals surface area contributed by atoms with Crippen molar-refractivity contribution >= 4 is 21.9 Å². The van der Waals surface area contributed by atoms with Gasteiger partial charge in [-0.05, 0) is 6.07 Å². The van der Waals surface area contributed by atoms with Gasteiger partial charge in [0, 0.05) is 17.1 Å². The second kappa shape index (κ2) is 5.93. The molecule has 1 aromatic heterocycles. The van der Waals surface area contributed by atoms with Gasteiger partial charge in [-0.1, -0.05) is 22.0 Å². The largest absolute Gasteiger partial charge is 0.481 e. The zero-order chi connectivity index (χ0) is 12.1. The van der Waals surface area contributed by atoms with E-state index in [0.29, 0.717) is 11.3 Å². The third-order valence-corrected chi connectivity index (χ3v) is 2.71. The second-order valence-corrected chi connectivity index (χ2v) is 3.97. The van der Waals surface area contributed by atoms with Gasteiger partial charge in [0.15, 0.2) is 0 Å². The number of aliphatic hydroxyl groups is 2. The van der Waals surface area contributed by atoms with Crippen LogP contribution in [0.15, 0.2) is 18.3 Å². The Bertz CT molecular complexity index is 354. The number of aliphatic carboxylic acids is 1. The van der Waals surface area contributed by atoms with Gasteiger partial charge in [0.2, 0.25) is 0 Å². The molecule has 6 heteroatoms. The number of alkyl halides is 1. The first-order chi connectivity index (χ1) is 7.54. The Balaban J connectivity index is 2.74. The van der Waals surface area contributed by atoms with Crippen LogP contribution < -0.4 is 0 Å². The van der Waals surface area contributed by atoms with Crippen molar-refractivity contribution < 1.29 is 20.1 Å². The van der Waals surface area contributed by atoms with Crippen LogP contribution in [0.3, 0.4) is 0 Å². The molecule has 2 atom stereocenters. The maximum absolute atomic E-state index is 10.4. The number of halogens is 1. The molecule has 88 valence electrons. The van der Waals surface area contributed by atoms with Crippen LogP contribution >= 0.6 is 15.9 Å². The summed E-state index contributed by atoms with van der Waals surface area (Å²) in [6, 6.07) is 3.08. The van der Waals surface area contributed by atoms with Gasteiger partial charge in [-0.3, -0.25) is 9.78 Å². The highest BCUT2D eigenvalue weighted by atomic mass is 79.9. The third-order valence-electron chi connectivity index (χ3n) is 2.04. The summed E-state index contributed by atoms with van der Waals surface area (Å²) in [4.78, 5) is 14.3. The SMILES string of the molecule is O=C(O)Cc1ccc(C(O)C(O)CBr)cn1. The van der Waals surface area contributed by atoms with Crippen molar-refractivity contribution in [3.8, 4) is 0 Å². The normalized spacial score (nSPS) is 14.4. The van der Waals surface area contributed by atoms with E-state index in [-0.39, 0.29) is 11.8 Å². The minimum atomic E-state index is -1.02. The van der Waals surface area contributed by atoms with Crippen molar-refractivity contribution in [2.45, 2.75) is 18.6 Å². The summed E-state index contributed by atoms with van der Waals surface area (Å²) in [5.74, 6) is -0.957. The van der Waals surface area contributed by atoms with E-state index in [9.17, 15) is 15.0 Å². The fourth-order valence-corrected chi connectivity index (χ4v) is 1.53. The van der Waals surface area contributed by atoms with Gasteiger partial charge < -0.3 is 15.3 Å². The van der Waals surface area contributed by atoms with Crippen LogP contribution in [-0.4, -0.2) is 37.7 Å². The number of carbonyl (C=O) groups is 1. The van der Waals surface area contributed by atoms with E-state index in [1.165, 1.54) is 12.3 Å². The number of hydrogen-bond acceptors (Lipinski definition) is 4. The summed E-state index contributed by atoms with van der Waals surface area (Å²) in [6.07, 6.45) is -0.718. The molecule has 0 saturated heterocycles. The maximum Gasteiger partial charge on any atom is 0.309 e. The number of pyridine rings is 1. The van der Waals surface area contributed by atoms with Crippen molar-refractivity contribution in [3.05, 3.63) is 29.6 Å². The van der Waals surface area contributed by atoms with Gasteiger partial charge in [-0.25, -0.2) is 0 Å². The van der Waals surface area contributed by atoms with Crippen LogP contribution in [0.1, 0.15) is 17.4 Å². The molecule has 2 unspecified atom stereocenters. The summed E-state index contributed by atoms with van der Waals surface area (Å²) in [6.45, 7) is 0. The van der Waals surface area contributed by atoms with Crippen molar-refractivity contribution in [2.24, 2.45) is 0 Å². The number of rotatable bonds is 5. The minimum absolute atomic E-state index is 0.155. The molecule has 0 aliphatic rings. The first kappa shape index (κ1) is 13.1. The van der Waals surface area contributed by atoms with Crippen LogP contribution in [-0.2, 0) is 11.2 Å². The van der Waals surface area contributed by atoms with Crippen molar-refractivity contribution in [1.29, 1.82) is 0 Å². The number of carboxylic acids is 1. The summed E-state index contributed by atoms with van der Waals surface area (Å²) in [5.41, 5.74) is 0.873. The molecule has 1 rings (SSSR count). The molecular weight excluding hydrogens is 278 g/mol. The van der Waals surface area contributed by atoms with E-state index < -0.39 is 18.2 Å². The first-order valence-corrected chi connectivity index (χ1v) is 5.75. The molecule has 0 aromatic carbocycles. The highest BCUT2D eigenvalue weighted by Crippen LogP contribution is 2.17. The molecule has 0 saturated carbocycles. The zero-order valence-electron chi connectivity index (χ0n) is 8.38. The minimum Gasteiger partial charge on any atom is -0.481 e. The van der Waals surface area contributed by atoms with E-state index in [1.54, 1.807) is 6.07 Å². The van der Waals surface area contributed by atoms with Gasteiger partial charge in [-0.15, -0.1) is 0 Å². The number of aliphatic hydroxyl groups excluding tert-OH is 2. The molecule has 1 aromatic rings. The Hall–Kier alpha value is -0.980. The molecule has 0 radical (unpaired) electrons. The Labute approximate surface area is 101 Å². The first-order valence-electron chi connectivity index (χ1n) is 4.63. The van der Waals surface area contributed by atoms with Crippen LogP contribution in [0.4, 0.5) is 0 Å². The van der Waals surface area contributed by atoms with Crippen molar-refractivity contribution in [1.82, 2.24) is 4.98 Å². The van der Waals surface area contributed by atoms with Gasteiger partial charge in [0.25, 0.3) is 0 Å². The monoisotopic (exact) mass is 289 g/mol. The van der Waals surface area contributed by atoms with Gasteiger partial charge in [0.05, 0.1) is 18.2 Å². The number of carboxylic acid groups (broad SMARTS) is 1. The molecule has 0 aliphatic carbocycles. The molecule has 0 bridgehead atoms. The predicted octanol–water partition coefficient (Wildman–Crippen LogP) is 0.498. The average molecular weight is 290 g/mol. The summed E-state index contributed by atoms with van der Waals surface area (Å²) < 4.78 is 0. The van der Waals surface area contributed by atoms with Crippen molar-refractivity contribution in [3.63, 3.8) is 0 Å². The lowest BCUT2D eigenvalue weighted by molar-refractivity contribution is -0.136. The predicted molar refractivity (Wildman–Crippen MR) is 60.3 cm³/mol. The van der Waals surface area contributed by atoms with Crippen molar-refractivity contribution in [2.75, 3.05) is 5.33 Å². The zero-order valence-corrected chi connectivity index (χ0v) is 9.96. The lowest BCUT2D eigenvalue weighted by Gasteiger charge is -2.15. The average Bonchev–Trinajstić information content (AvgIpc) is 2.27. The number of hydrogen-bond donors (Lipinski definition) is 3. The summed E-state index contributed by atoms with van der Waals surface area (Å²) in [7, 11) is 0. The fourth-order valence-electron chi connectivity index (χ4n) is 1.18. The molecule has 0 spiro atoms. The van der Waals surface area contributed by atoms with E-state index in [4.69, 9.17) is 5.11 Å². The molecular formula is C10H12BrNO4. The molecule has 0 fully saturated rings. The Kier molecular flexibility index (Phi) is 4.85. The number of aromatic nitrogens is 1. The Morgan fingerprint density at radius 1 is 1.44 bits per heavy atom. The molecule has 16 heavy (non-hydrogen) atoms. The highest BCUT2D eigenvalue weighted by molar-refractivity contribution is 9.09. The molecule has 1 heterocycles. The van der Waals surface area contributed by atoms with E-state index >= 15 is 0 Å². The standard InChI is InChI=1S/C10H12BrNO4/c11-4-8(13)10(16)6-1-2-7(12-5-6)3-9(14)15/h1-2,5,8,10,13,16H,3-4H2,(H,14,15). The Morgan fingerprint density at radius 2 is 2.12 bits per heavy atom. The van der Waals surface area contributed by atoms with E-state index in [2.05, 4.69) is 20.9 Å². The molecule has 5 nitrogen and oxygen atoms in total. The highest BCUT2D eigenvalue weighted by Gasteiger charge is 2.17. The van der Waals surface area contributed by atoms with Gasteiger partial charge in [-0.2, -0.15) is 0 Å². The van der Waals surface area contributed by atoms with Gasteiger partial charge >= 0.3 is 5.97 Å². The van der Waals surface area contributed by atoms with Crippen LogP contribution in [0.5, 0.6) is 0 Å². The van der Waals surface area contributed by atoms with Crippen LogP contribution in [0.2, 0.25) is 0 Å². The Morgan fingerprint density at radius 3 is 2.56 bits per heavy atom. The molecule has 0 aliphatic heterocycles. The van der Waals surface area contributed by atoms with Crippen LogP contribution in [0, 0.1) is 0 Å². The lowest BCUT2D eigenvalue weighted by Crippen LogP contribution is -2.19. The topological polar surface area (TPSA) is 90.7 Å². The smallest absolute Gasteiger partial charge is 0.309 e. The second-order valence-electron chi connectivity index (χ2n) is 3.32. The summed E-state index contributed by atoms with van der Waals surface area (Å²) in [5, 5.41) is 27.8. The van der Waals surface area contributed by atoms with Crippen LogP contribution in [0.25, 0.3) is 0 Å².